The number of ether oxygens (including phenoxy) is 2. The summed E-state index contributed by atoms with van der Waals surface area (Å²) in [6.07, 6.45) is 5.20. The van der Waals surface area contributed by atoms with E-state index >= 15 is 0 Å². The van der Waals surface area contributed by atoms with Crippen molar-refractivity contribution in [1.82, 2.24) is 10.2 Å². The predicted molar refractivity (Wildman–Crippen MR) is 163 cm³/mol. The Morgan fingerprint density at radius 2 is 1.52 bits per heavy atom. The topological polar surface area (TPSA) is 105 Å². The van der Waals surface area contributed by atoms with E-state index in [1.807, 2.05) is 60.7 Å². The molecule has 0 radical (unpaired) electrons. The van der Waals surface area contributed by atoms with E-state index < -0.39 is 28.5 Å². The zero-order chi connectivity index (χ0) is 30.1. The molecule has 0 heterocycles. The number of methoxy groups -OCH3 is 2. The molecule has 10 heteroatoms. The molecule has 0 aromatic heterocycles. The van der Waals surface area contributed by atoms with Crippen LogP contribution in [-0.4, -0.2) is 64.2 Å². The highest BCUT2D eigenvalue weighted by Crippen LogP contribution is 2.34. The number of carbonyl (C=O) groups excluding carboxylic acids is 2. The van der Waals surface area contributed by atoms with Gasteiger partial charge in [-0.1, -0.05) is 73.5 Å². The summed E-state index contributed by atoms with van der Waals surface area (Å²) in [5.41, 5.74) is 1.88. The number of nitrogens with one attached hydrogen (secondary N) is 1. The van der Waals surface area contributed by atoms with Crippen molar-refractivity contribution in [2.45, 2.75) is 50.7 Å². The number of carbonyl (C=O) groups is 2. The lowest BCUT2D eigenvalue weighted by Crippen LogP contribution is -2.54. The molecule has 3 aromatic carbocycles. The van der Waals surface area contributed by atoms with Gasteiger partial charge in [-0.2, -0.15) is 0 Å². The Hall–Kier alpha value is -4.05. The van der Waals surface area contributed by atoms with Crippen LogP contribution in [0, 0.1) is 0 Å². The molecule has 4 rings (SSSR count). The van der Waals surface area contributed by atoms with Gasteiger partial charge in [-0.3, -0.25) is 13.9 Å². The van der Waals surface area contributed by atoms with Gasteiger partial charge in [0.15, 0.2) is 0 Å². The third kappa shape index (κ3) is 8.03. The quantitative estimate of drug-likeness (QED) is 0.319. The summed E-state index contributed by atoms with van der Waals surface area (Å²) in [4.78, 5) is 29.7. The molecule has 9 nitrogen and oxygen atoms in total. The zero-order valence-electron chi connectivity index (χ0n) is 24.4. The first-order valence-electron chi connectivity index (χ1n) is 14.1. The summed E-state index contributed by atoms with van der Waals surface area (Å²) in [5.74, 6) is -0.0917. The Balaban J connectivity index is 1.74. The summed E-state index contributed by atoms with van der Waals surface area (Å²) in [6.45, 7) is -0.403. The Morgan fingerprint density at radius 1 is 0.905 bits per heavy atom. The molecule has 1 N–H and O–H groups in total. The van der Waals surface area contributed by atoms with Gasteiger partial charge in [0.25, 0.3) is 0 Å². The van der Waals surface area contributed by atoms with Gasteiger partial charge < -0.3 is 19.7 Å². The minimum Gasteiger partial charge on any atom is -0.497 e. The Bertz CT molecular complexity index is 1440. The second-order valence-corrected chi connectivity index (χ2v) is 12.4. The van der Waals surface area contributed by atoms with Crippen molar-refractivity contribution >= 4 is 27.5 Å². The summed E-state index contributed by atoms with van der Waals surface area (Å²) < 4.78 is 38.0. The third-order valence-electron chi connectivity index (χ3n) is 7.50. The van der Waals surface area contributed by atoms with Crippen LogP contribution in [0.25, 0.3) is 0 Å². The maximum atomic E-state index is 14.3. The average Bonchev–Trinajstić information content (AvgIpc) is 3.50. The fourth-order valence-corrected chi connectivity index (χ4v) is 6.13. The molecule has 0 unspecified atom stereocenters. The smallest absolute Gasteiger partial charge is 0.244 e. The van der Waals surface area contributed by atoms with E-state index in [0.29, 0.717) is 5.75 Å². The monoisotopic (exact) mass is 593 g/mol. The van der Waals surface area contributed by atoms with Crippen LogP contribution < -0.4 is 19.1 Å². The van der Waals surface area contributed by atoms with Crippen LogP contribution in [0.15, 0.2) is 78.9 Å². The van der Waals surface area contributed by atoms with Crippen molar-refractivity contribution in [3.63, 3.8) is 0 Å². The van der Waals surface area contributed by atoms with E-state index in [9.17, 15) is 18.0 Å². The molecule has 1 atom stereocenters. The number of hydrogen-bond donors (Lipinski definition) is 1. The van der Waals surface area contributed by atoms with Gasteiger partial charge in [0.1, 0.15) is 24.1 Å². The molecule has 224 valence electrons. The number of sulfonamides is 1. The van der Waals surface area contributed by atoms with Gasteiger partial charge >= 0.3 is 0 Å². The van der Waals surface area contributed by atoms with Crippen LogP contribution in [0.3, 0.4) is 0 Å². The van der Waals surface area contributed by atoms with E-state index in [4.69, 9.17) is 9.47 Å². The van der Waals surface area contributed by atoms with Crippen LogP contribution in [-0.2, 0) is 32.6 Å². The van der Waals surface area contributed by atoms with Gasteiger partial charge in [-0.25, -0.2) is 8.42 Å². The SMILES string of the molecule is COc1ccc(OC)c(N(CC(=O)N(Cc2ccccc2)[C@H](Cc2ccccc2)C(=O)NC2CCCC2)S(C)(=O)=O)c1. The van der Waals surface area contributed by atoms with Gasteiger partial charge in [-0.05, 0) is 36.1 Å². The normalized spacial score (nSPS) is 14.2. The summed E-state index contributed by atoms with van der Waals surface area (Å²) >= 11 is 0. The number of benzene rings is 3. The van der Waals surface area contributed by atoms with Crippen molar-refractivity contribution in [2.75, 3.05) is 31.3 Å². The number of hydrogen-bond acceptors (Lipinski definition) is 6. The third-order valence-corrected chi connectivity index (χ3v) is 8.63. The lowest BCUT2D eigenvalue weighted by atomic mass is 10.0. The van der Waals surface area contributed by atoms with Gasteiger partial charge in [0.05, 0.1) is 26.2 Å². The minimum atomic E-state index is -3.95. The maximum Gasteiger partial charge on any atom is 0.244 e. The Morgan fingerprint density at radius 3 is 2.10 bits per heavy atom. The van der Waals surface area contributed by atoms with E-state index in [2.05, 4.69) is 5.32 Å². The first-order valence-corrected chi connectivity index (χ1v) is 15.9. The second kappa shape index (κ2) is 14.2. The van der Waals surface area contributed by atoms with E-state index in [-0.39, 0.29) is 36.4 Å². The molecule has 3 aromatic rings. The molecule has 1 saturated carbocycles. The first kappa shape index (κ1) is 30.9. The van der Waals surface area contributed by atoms with E-state index in [0.717, 1.165) is 47.4 Å². The summed E-state index contributed by atoms with van der Waals surface area (Å²) in [5, 5.41) is 3.17. The van der Waals surface area contributed by atoms with Crippen molar-refractivity contribution in [2.24, 2.45) is 0 Å². The van der Waals surface area contributed by atoms with Crippen LogP contribution >= 0.6 is 0 Å². The lowest BCUT2D eigenvalue weighted by Gasteiger charge is -2.34. The molecule has 0 spiro atoms. The highest BCUT2D eigenvalue weighted by molar-refractivity contribution is 7.92. The Labute approximate surface area is 248 Å². The van der Waals surface area contributed by atoms with Crippen molar-refractivity contribution < 1.29 is 27.5 Å². The lowest BCUT2D eigenvalue weighted by molar-refractivity contribution is -0.140. The summed E-state index contributed by atoms with van der Waals surface area (Å²) in [7, 11) is -1.05. The number of amides is 2. The van der Waals surface area contributed by atoms with Crippen LogP contribution in [0.1, 0.15) is 36.8 Å². The number of rotatable bonds is 13. The predicted octanol–water partition coefficient (Wildman–Crippen LogP) is 4.17. The second-order valence-electron chi connectivity index (χ2n) is 10.5. The van der Waals surface area contributed by atoms with Crippen LogP contribution in [0.5, 0.6) is 11.5 Å². The van der Waals surface area contributed by atoms with Crippen LogP contribution in [0.2, 0.25) is 0 Å². The van der Waals surface area contributed by atoms with Crippen molar-refractivity contribution in [1.29, 1.82) is 0 Å². The maximum absolute atomic E-state index is 14.3. The largest absolute Gasteiger partial charge is 0.497 e. The standard InChI is InChI=1S/C32H39N3O6S/c1-40-27-18-19-30(41-2)28(21-27)35(42(3,38)39)23-31(36)34(22-25-14-8-5-9-15-25)29(20-24-12-6-4-7-13-24)32(37)33-26-16-10-11-17-26/h4-9,12-15,18-19,21,26,29H,10-11,16-17,20,22-23H2,1-3H3,(H,33,37)/t29-/m1/s1. The fraction of sp³-hybridized carbons (Fsp3) is 0.375. The molecular weight excluding hydrogens is 554 g/mol. The van der Waals surface area contributed by atoms with E-state index in [1.54, 1.807) is 12.1 Å². The van der Waals surface area contributed by atoms with Crippen molar-refractivity contribution in [3.05, 3.63) is 90.0 Å². The number of anilines is 1. The highest BCUT2D eigenvalue weighted by atomic mass is 32.2. The first-order chi connectivity index (χ1) is 20.2. The Kier molecular flexibility index (Phi) is 10.5. The van der Waals surface area contributed by atoms with Gasteiger partial charge in [0, 0.05) is 25.1 Å². The molecule has 2 amide bonds. The summed E-state index contributed by atoms with van der Waals surface area (Å²) in [6, 6.07) is 22.9. The molecule has 42 heavy (non-hydrogen) atoms. The molecular formula is C32H39N3O6S. The molecule has 1 aliphatic rings. The highest BCUT2D eigenvalue weighted by Gasteiger charge is 2.35. The molecule has 1 fully saturated rings. The van der Waals surface area contributed by atoms with Gasteiger partial charge in [-0.15, -0.1) is 0 Å². The fourth-order valence-electron chi connectivity index (χ4n) is 5.29. The minimum absolute atomic E-state index is 0.0537. The molecule has 1 aliphatic carbocycles. The van der Waals surface area contributed by atoms with E-state index in [1.165, 1.54) is 25.2 Å². The zero-order valence-corrected chi connectivity index (χ0v) is 25.2. The van der Waals surface area contributed by atoms with Crippen LogP contribution in [0.4, 0.5) is 5.69 Å². The van der Waals surface area contributed by atoms with Gasteiger partial charge in [0.2, 0.25) is 21.8 Å². The average molecular weight is 594 g/mol. The molecule has 0 saturated heterocycles. The molecule has 0 bridgehead atoms. The molecule has 0 aliphatic heterocycles. The number of nitrogens with zero attached hydrogens (tertiary/aromatic N) is 2. The van der Waals surface area contributed by atoms with Crippen molar-refractivity contribution in [3.8, 4) is 11.5 Å².